The number of carbonyl (C=O) groups excluding carboxylic acids is 1. The number of hydrogen-bond donors (Lipinski definition) is 2. The second-order valence-electron chi connectivity index (χ2n) is 6.23. The zero-order chi connectivity index (χ0) is 16.2. The third-order valence-corrected chi connectivity index (χ3v) is 5.77. The van der Waals surface area contributed by atoms with Gasteiger partial charge < -0.3 is 5.32 Å². The maximum Gasteiger partial charge on any atom is 0.240 e. The molecule has 0 unspecified atom stereocenters. The van der Waals surface area contributed by atoms with Crippen molar-refractivity contribution in [3.8, 4) is 0 Å². The molecule has 0 spiro atoms. The summed E-state index contributed by atoms with van der Waals surface area (Å²) in [6.45, 7) is 4.38. The Hall–Kier alpha value is -1.40. The Kier molecular flexibility index (Phi) is 5.24. The van der Waals surface area contributed by atoms with Crippen LogP contribution in [0.25, 0.3) is 0 Å². The second kappa shape index (κ2) is 6.79. The van der Waals surface area contributed by atoms with Gasteiger partial charge in [-0.05, 0) is 31.9 Å². The number of sulfonamides is 1. The van der Waals surface area contributed by atoms with Crippen LogP contribution >= 0.6 is 0 Å². The van der Waals surface area contributed by atoms with Gasteiger partial charge in [-0.15, -0.1) is 0 Å². The number of nitrogens with one attached hydrogen (secondary N) is 2. The first kappa shape index (κ1) is 17.0. The van der Waals surface area contributed by atoms with E-state index in [-0.39, 0.29) is 22.8 Å². The smallest absolute Gasteiger partial charge is 0.240 e. The molecule has 1 fully saturated rings. The van der Waals surface area contributed by atoms with Crippen molar-refractivity contribution in [1.29, 1.82) is 0 Å². The Balaban J connectivity index is 1.80. The molecule has 0 bridgehead atoms. The minimum atomic E-state index is -3.51. The van der Waals surface area contributed by atoms with Crippen molar-refractivity contribution in [3.05, 3.63) is 29.8 Å². The highest BCUT2D eigenvalue weighted by molar-refractivity contribution is 7.89. The van der Waals surface area contributed by atoms with Gasteiger partial charge in [0.1, 0.15) is 0 Å². The fourth-order valence-electron chi connectivity index (χ4n) is 2.76. The lowest BCUT2D eigenvalue weighted by Crippen LogP contribution is -2.41. The molecule has 1 aromatic rings. The first-order valence-electron chi connectivity index (χ1n) is 7.68. The molecule has 0 heterocycles. The zero-order valence-electron chi connectivity index (χ0n) is 13.2. The van der Waals surface area contributed by atoms with Crippen LogP contribution in [0, 0.1) is 12.3 Å². The number of hydrogen-bond acceptors (Lipinski definition) is 3. The third-order valence-electron chi connectivity index (χ3n) is 4.29. The third kappa shape index (κ3) is 4.08. The summed E-state index contributed by atoms with van der Waals surface area (Å²) < 4.78 is 26.7. The van der Waals surface area contributed by atoms with Crippen LogP contribution in [0.15, 0.2) is 29.2 Å². The van der Waals surface area contributed by atoms with Crippen LogP contribution in [0.5, 0.6) is 0 Å². The molecule has 0 aliphatic heterocycles. The Morgan fingerprint density at radius 1 is 1.14 bits per heavy atom. The molecule has 0 radical (unpaired) electrons. The summed E-state index contributed by atoms with van der Waals surface area (Å²) in [6, 6.07) is 6.68. The normalized spacial score (nSPS) is 17.4. The molecule has 1 amide bonds. The predicted octanol–water partition coefficient (Wildman–Crippen LogP) is 1.97. The molecule has 2 N–H and O–H groups in total. The van der Waals surface area contributed by atoms with Crippen LogP contribution in [-0.2, 0) is 14.8 Å². The van der Waals surface area contributed by atoms with E-state index in [2.05, 4.69) is 10.0 Å². The van der Waals surface area contributed by atoms with E-state index >= 15 is 0 Å². The van der Waals surface area contributed by atoms with Crippen molar-refractivity contribution in [2.45, 2.75) is 44.4 Å². The highest BCUT2D eigenvalue weighted by Crippen LogP contribution is 2.37. The summed E-state index contributed by atoms with van der Waals surface area (Å²) >= 11 is 0. The number of benzene rings is 1. The molecule has 1 aliphatic rings. The van der Waals surface area contributed by atoms with Gasteiger partial charge in [0, 0.05) is 18.5 Å². The molecule has 6 heteroatoms. The highest BCUT2D eigenvalue weighted by atomic mass is 32.2. The zero-order valence-corrected chi connectivity index (χ0v) is 14.0. The van der Waals surface area contributed by atoms with Crippen LogP contribution in [-0.4, -0.2) is 27.4 Å². The van der Waals surface area contributed by atoms with Gasteiger partial charge in [-0.3, -0.25) is 4.79 Å². The van der Waals surface area contributed by atoms with Crippen LogP contribution in [0.2, 0.25) is 0 Å². The monoisotopic (exact) mass is 324 g/mol. The molecule has 22 heavy (non-hydrogen) atoms. The molecule has 0 atom stereocenters. The average molecular weight is 324 g/mol. The summed E-state index contributed by atoms with van der Waals surface area (Å²) in [5, 5.41) is 2.83. The fourth-order valence-corrected chi connectivity index (χ4v) is 3.79. The number of aryl methyl sites for hydroxylation is 1. The van der Waals surface area contributed by atoms with E-state index in [1.807, 2.05) is 13.8 Å². The molecule has 122 valence electrons. The van der Waals surface area contributed by atoms with Crippen LogP contribution < -0.4 is 10.0 Å². The lowest BCUT2D eigenvalue weighted by molar-refractivity contribution is -0.129. The van der Waals surface area contributed by atoms with E-state index in [4.69, 9.17) is 0 Å². The lowest BCUT2D eigenvalue weighted by Gasteiger charge is -2.22. The first-order chi connectivity index (χ1) is 10.3. The van der Waals surface area contributed by atoms with Crippen molar-refractivity contribution in [2.24, 2.45) is 5.41 Å². The molecule has 1 saturated carbocycles. The molecule has 0 saturated heterocycles. The first-order valence-corrected chi connectivity index (χ1v) is 9.16. The van der Waals surface area contributed by atoms with Crippen molar-refractivity contribution in [3.63, 3.8) is 0 Å². The van der Waals surface area contributed by atoms with E-state index in [0.29, 0.717) is 6.54 Å². The minimum Gasteiger partial charge on any atom is -0.354 e. The van der Waals surface area contributed by atoms with Gasteiger partial charge in [0.2, 0.25) is 15.9 Å². The Morgan fingerprint density at radius 3 is 2.32 bits per heavy atom. The van der Waals surface area contributed by atoms with Crippen molar-refractivity contribution in [2.75, 3.05) is 13.1 Å². The topological polar surface area (TPSA) is 75.3 Å². The average Bonchev–Trinajstić information content (AvgIpc) is 2.92. The van der Waals surface area contributed by atoms with Gasteiger partial charge in [0.25, 0.3) is 0 Å². The van der Waals surface area contributed by atoms with Gasteiger partial charge >= 0.3 is 0 Å². The van der Waals surface area contributed by atoms with Gasteiger partial charge in [-0.25, -0.2) is 13.1 Å². The predicted molar refractivity (Wildman–Crippen MR) is 86.0 cm³/mol. The molecule has 2 rings (SSSR count). The summed E-state index contributed by atoms with van der Waals surface area (Å²) in [5.41, 5.74) is 0.728. The van der Waals surface area contributed by atoms with Crippen molar-refractivity contribution >= 4 is 15.9 Å². The van der Waals surface area contributed by atoms with E-state index in [0.717, 1.165) is 31.2 Å². The Labute approximate surface area is 132 Å². The SMILES string of the molecule is Cc1ccc(S(=O)(=O)NCCNC(=O)C2(C)CCCC2)cc1. The summed E-state index contributed by atoms with van der Waals surface area (Å²) in [4.78, 5) is 12.4. The van der Waals surface area contributed by atoms with Crippen LogP contribution in [0.1, 0.15) is 38.2 Å². The maximum absolute atomic E-state index is 12.1. The van der Waals surface area contributed by atoms with Gasteiger partial charge in [-0.2, -0.15) is 0 Å². The number of amides is 1. The highest BCUT2D eigenvalue weighted by Gasteiger charge is 2.35. The summed E-state index contributed by atoms with van der Waals surface area (Å²) in [5.74, 6) is 0.0273. The molecular weight excluding hydrogens is 300 g/mol. The van der Waals surface area contributed by atoms with Crippen LogP contribution in [0.4, 0.5) is 0 Å². The summed E-state index contributed by atoms with van der Waals surface area (Å²) in [7, 11) is -3.51. The molecule has 1 aliphatic carbocycles. The molecule has 5 nitrogen and oxygen atoms in total. The summed E-state index contributed by atoms with van der Waals surface area (Å²) in [6.07, 6.45) is 4.00. The Bertz CT molecular complexity index is 617. The van der Waals surface area contributed by atoms with Crippen LogP contribution in [0.3, 0.4) is 0 Å². The lowest BCUT2D eigenvalue weighted by atomic mass is 9.88. The van der Waals surface area contributed by atoms with E-state index in [1.165, 1.54) is 0 Å². The van der Waals surface area contributed by atoms with Crippen molar-refractivity contribution < 1.29 is 13.2 Å². The van der Waals surface area contributed by atoms with E-state index in [9.17, 15) is 13.2 Å². The quantitative estimate of drug-likeness (QED) is 0.786. The van der Waals surface area contributed by atoms with Gasteiger partial charge in [-0.1, -0.05) is 37.5 Å². The fraction of sp³-hybridized carbons (Fsp3) is 0.562. The largest absolute Gasteiger partial charge is 0.354 e. The minimum absolute atomic E-state index is 0.0273. The Morgan fingerprint density at radius 2 is 1.73 bits per heavy atom. The standard InChI is InChI=1S/C16H24N2O3S/c1-13-5-7-14(8-6-13)22(20,21)18-12-11-17-15(19)16(2)9-3-4-10-16/h5-8,18H,3-4,9-12H2,1-2H3,(H,17,19). The second-order valence-corrected chi connectivity index (χ2v) is 8.00. The maximum atomic E-state index is 12.1. The van der Waals surface area contributed by atoms with E-state index < -0.39 is 10.0 Å². The molecule has 0 aromatic heterocycles. The molecule has 1 aromatic carbocycles. The van der Waals surface area contributed by atoms with Crippen molar-refractivity contribution in [1.82, 2.24) is 10.0 Å². The van der Waals surface area contributed by atoms with Gasteiger partial charge in [0.15, 0.2) is 0 Å². The van der Waals surface area contributed by atoms with Gasteiger partial charge in [0.05, 0.1) is 4.90 Å². The molecular formula is C16H24N2O3S. The number of rotatable bonds is 6. The van der Waals surface area contributed by atoms with E-state index in [1.54, 1.807) is 24.3 Å². The number of carbonyl (C=O) groups is 1.